The van der Waals surface area contributed by atoms with E-state index in [2.05, 4.69) is 14.9 Å². The average Bonchev–Trinajstić information content (AvgIpc) is 2.20. The molecule has 0 aliphatic heterocycles. The van der Waals surface area contributed by atoms with Gasteiger partial charge in [-0.15, -0.1) is 0 Å². The predicted octanol–water partition coefficient (Wildman–Crippen LogP) is 0.452. The summed E-state index contributed by atoms with van der Waals surface area (Å²) in [7, 11) is 0. The monoisotopic (exact) mass is 192 g/mol. The van der Waals surface area contributed by atoms with Gasteiger partial charge in [-0.05, 0) is 10.9 Å². The number of hydrogen-bond donors (Lipinski definition) is 1. The molecule has 1 rings (SSSR count). The normalized spacial score (nSPS) is 8.62. The molecule has 1 heterocycles. The third-order valence-corrected chi connectivity index (χ3v) is 1.76. The number of rotatable bonds is 2. The van der Waals surface area contributed by atoms with Gasteiger partial charge in [0, 0.05) is 5.10 Å². The predicted molar refractivity (Wildman–Crippen MR) is 48.0 cm³/mol. The Balaban J connectivity index is 3.17. The van der Waals surface area contributed by atoms with Crippen LogP contribution in [0.15, 0.2) is 17.6 Å². The number of nitrogens with one attached hydrogen (secondary N) is 1. The molecule has 0 saturated carbocycles. The van der Waals surface area contributed by atoms with Gasteiger partial charge in [-0.2, -0.15) is 4.85 Å². The average molecular weight is 192 g/mol. The maximum atomic E-state index is 6.84. The molecular weight excluding hydrogens is 186 g/mol. The van der Waals surface area contributed by atoms with Gasteiger partial charge in [-0.25, -0.2) is 4.98 Å². The van der Waals surface area contributed by atoms with Gasteiger partial charge in [0.1, 0.15) is 6.57 Å². The minimum atomic E-state index is 0.0256. The molecule has 1 N–H and O–H groups in total. The molecule has 0 radical (unpaired) electrons. The van der Waals surface area contributed by atoms with Crippen molar-refractivity contribution in [1.29, 1.82) is 5.41 Å². The molecule has 1 aromatic rings. The van der Waals surface area contributed by atoms with E-state index in [1.807, 2.05) is 12.1 Å². The molecule has 6 heteroatoms. The Morgan fingerprint density at radius 2 is 2.62 bits per heavy atom. The van der Waals surface area contributed by atoms with Crippen LogP contribution in [0.3, 0.4) is 0 Å². The van der Waals surface area contributed by atoms with E-state index in [0.29, 0.717) is 5.16 Å². The minimum absolute atomic E-state index is 0.0256. The van der Waals surface area contributed by atoms with Crippen LogP contribution in [0.4, 0.5) is 0 Å². The van der Waals surface area contributed by atoms with Gasteiger partial charge in [0.15, 0.2) is 0 Å². The summed E-state index contributed by atoms with van der Waals surface area (Å²) in [6.45, 7) is 6.74. The zero-order valence-corrected chi connectivity index (χ0v) is 7.67. The summed E-state index contributed by atoms with van der Waals surface area (Å²) in [5, 5.41) is 11.4. The van der Waals surface area contributed by atoms with Crippen LogP contribution in [0.1, 0.15) is 0 Å². The molecular formula is C7H6N5S+. The Morgan fingerprint density at radius 3 is 3.15 bits per heavy atom. The van der Waals surface area contributed by atoms with Crippen LogP contribution < -0.4 is 4.68 Å². The number of nitrogens with zero attached hydrogens (tertiary/aromatic N) is 4. The lowest BCUT2D eigenvalue weighted by Crippen LogP contribution is -2.36. The zero-order chi connectivity index (χ0) is 9.68. The van der Waals surface area contributed by atoms with Crippen molar-refractivity contribution in [3.8, 4) is 0 Å². The fourth-order valence-electron chi connectivity index (χ4n) is 0.660. The first-order valence-electron chi connectivity index (χ1n) is 3.28. The van der Waals surface area contributed by atoms with Crippen LogP contribution in [0.5, 0.6) is 0 Å². The summed E-state index contributed by atoms with van der Waals surface area (Å²) < 4.78 is 1.28. The summed E-state index contributed by atoms with van der Waals surface area (Å²) in [4.78, 5) is 7.02. The summed E-state index contributed by atoms with van der Waals surface area (Å²) in [5.41, 5.74) is 0. The van der Waals surface area contributed by atoms with Crippen LogP contribution in [-0.2, 0) is 0 Å². The fourth-order valence-corrected chi connectivity index (χ4v) is 0.995. The topological polar surface area (TPSA) is 57.9 Å². The summed E-state index contributed by atoms with van der Waals surface area (Å²) in [5.74, 6) is 2.02. The summed E-state index contributed by atoms with van der Waals surface area (Å²) in [6, 6.07) is 0. The lowest BCUT2D eigenvalue weighted by Gasteiger charge is -1.89. The molecule has 13 heavy (non-hydrogen) atoms. The van der Waals surface area contributed by atoms with Crippen LogP contribution >= 0.6 is 11.8 Å². The van der Waals surface area contributed by atoms with Crippen molar-refractivity contribution < 1.29 is 4.68 Å². The minimum Gasteiger partial charge on any atom is -0.265 e. The highest BCUT2D eigenvalue weighted by molar-refractivity contribution is 7.98. The molecule has 0 aromatic carbocycles. The number of thioether (sulfide) groups is 1. The molecule has 0 aliphatic rings. The maximum Gasteiger partial charge on any atom is 0.513 e. The van der Waals surface area contributed by atoms with Gasteiger partial charge in [-0.1, -0.05) is 11.8 Å². The van der Waals surface area contributed by atoms with E-state index in [1.54, 1.807) is 0 Å². The third-order valence-electron chi connectivity index (χ3n) is 1.20. The summed E-state index contributed by atoms with van der Waals surface area (Å²) in [6.07, 6.45) is 4.88. The van der Waals surface area contributed by atoms with Gasteiger partial charge in [0.05, 0.1) is 12.1 Å². The molecule has 0 saturated heterocycles. The Labute approximate surface area is 79.4 Å². The van der Waals surface area contributed by atoms with E-state index in [4.69, 9.17) is 12.0 Å². The highest BCUT2D eigenvalue weighted by Crippen LogP contribution is 2.02. The molecule has 0 bridgehead atoms. The van der Waals surface area contributed by atoms with E-state index in [9.17, 15) is 0 Å². The first-order chi connectivity index (χ1) is 6.31. The maximum absolute atomic E-state index is 6.84. The first kappa shape index (κ1) is 9.39. The van der Waals surface area contributed by atoms with E-state index in [-0.39, 0.29) is 5.82 Å². The quantitative estimate of drug-likeness (QED) is 0.320. The van der Waals surface area contributed by atoms with Gasteiger partial charge in [0.2, 0.25) is 6.20 Å². The lowest BCUT2D eigenvalue weighted by atomic mass is 10.7. The largest absolute Gasteiger partial charge is 0.513 e. The molecule has 0 fully saturated rings. The molecule has 0 amide bonds. The van der Waals surface area contributed by atoms with Gasteiger partial charge in [-0.3, -0.25) is 5.41 Å². The van der Waals surface area contributed by atoms with Crippen molar-refractivity contribution in [2.75, 3.05) is 6.26 Å². The SMILES string of the molecule is [C-]#[N+]C(=C=N)[n+]1ccnc(SC)n1. The van der Waals surface area contributed by atoms with Crippen LogP contribution in [0.2, 0.25) is 0 Å². The second kappa shape index (κ2) is 4.36. The first-order valence-corrected chi connectivity index (χ1v) is 4.50. The Morgan fingerprint density at radius 1 is 1.85 bits per heavy atom. The van der Waals surface area contributed by atoms with Crippen molar-refractivity contribution in [2.45, 2.75) is 5.16 Å². The second-order valence-corrected chi connectivity index (χ2v) is 2.69. The second-order valence-electron chi connectivity index (χ2n) is 1.92. The van der Waals surface area contributed by atoms with E-state index < -0.39 is 0 Å². The summed E-state index contributed by atoms with van der Waals surface area (Å²) >= 11 is 1.37. The van der Waals surface area contributed by atoms with Crippen LogP contribution in [0, 0.1) is 12.0 Å². The highest BCUT2D eigenvalue weighted by atomic mass is 32.2. The van der Waals surface area contributed by atoms with Gasteiger partial charge >= 0.3 is 5.82 Å². The van der Waals surface area contributed by atoms with Crippen LogP contribution in [0.25, 0.3) is 10.7 Å². The number of aromatic nitrogens is 3. The highest BCUT2D eigenvalue weighted by Gasteiger charge is 2.12. The van der Waals surface area contributed by atoms with Crippen molar-refractivity contribution in [3.05, 3.63) is 23.8 Å². The zero-order valence-electron chi connectivity index (χ0n) is 6.85. The Hall–Kier alpha value is -1.70. The molecule has 0 aliphatic carbocycles. The molecule has 5 nitrogen and oxygen atoms in total. The van der Waals surface area contributed by atoms with Crippen molar-refractivity contribution >= 4 is 23.5 Å². The van der Waals surface area contributed by atoms with E-state index in [1.165, 1.54) is 28.8 Å². The number of hydrogen-bond acceptors (Lipinski definition) is 4. The van der Waals surface area contributed by atoms with Gasteiger partial charge < -0.3 is 0 Å². The Bertz CT molecular complexity index is 402. The molecule has 64 valence electrons. The van der Waals surface area contributed by atoms with Crippen molar-refractivity contribution in [1.82, 2.24) is 10.1 Å². The standard InChI is InChI=1S/C7H6N5S/c1-9-6(5-8)12-4-3-10-7(11-12)13-2/h3-4,8H,2H3/q+1. The molecule has 0 unspecified atom stereocenters. The molecule has 0 atom stereocenters. The van der Waals surface area contributed by atoms with Crippen molar-refractivity contribution in [2.24, 2.45) is 0 Å². The molecule has 1 aromatic heterocycles. The smallest absolute Gasteiger partial charge is 0.265 e. The van der Waals surface area contributed by atoms with Crippen molar-refractivity contribution in [3.63, 3.8) is 0 Å². The van der Waals surface area contributed by atoms with Gasteiger partial charge in [0.25, 0.3) is 5.16 Å². The van der Waals surface area contributed by atoms with Crippen LogP contribution in [-0.4, -0.2) is 22.2 Å². The fraction of sp³-hybridized carbons (Fsp3) is 0.143. The molecule has 0 spiro atoms. The Kier molecular flexibility index (Phi) is 3.15. The van der Waals surface area contributed by atoms with E-state index in [0.717, 1.165) is 0 Å². The third kappa shape index (κ3) is 2.12. The lowest BCUT2D eigenvalue weighted by molar-refractivity contribution is -0.647. The van der Waals surface area contributed by atoms with E-state index >= 15 is 0 Å².